The second-order valence-electron chi connectivity index (χ2n) is 6.31. The maximum Gasteiger partial charge on any atom is 0.184 e. The highest BCUT2D eigenvalue weighted by Gasteiger charge is 2.44. The standard InChI is InChI=1S/C20H24O6/c21-17-16(13-24-11-14-7-3-1-4-8-14)26-20(23)18(22)19(17)25-12-15-9-5-2-6-10-15/h1-10,16-23H,11-13H2/t16?,17?,18?,19-,20?/m0/s1. The summed E-state index contributed by atoms with van der Waals surface area (Å²) in [5, 5.41) is 30.5. The molecule has 6 nitrogen and oxygen atoms in total. The Hall–Kier alpha value is -1.80. The SMILES string of the molecule is OC1OC(COCc2ccccc2)C(O)[C@H](OCc2ccccc2)C1O. The molecule has 3 N–H and O–H groups in total. The van der Waals surface area contributed by atoms with E-state index in [-0.39, 0.29) is 13.2 Å². The molecule has 26 heavy (non-hydrogen) atoms. The van der Waals surface area contributed by atoms with Crippen molar-refractivity contribution in [2.45, 2.75) is 43.9 Å². The molecule has 0 spiro atoms. The molecule has 1 fully saturated rings. The Kier molecular flexibility index (Phi) is 6.73. The molecule has 5 atom stereocenters. The molecule has 1 heterocycles. The summed E-state index contributed by atoms with van der Waals surface area (Å²) in [5.74, 6) is 0. The van der Waals surface area contributed by atoms with Crippen LogP contribution in [0.15, 0.2) is 60.7 Å². The van der Waals surface area contributed by atoms with Crippen LogP contribution < -0.4 is 0 Å². The lowest BCUT2D eigenvalue weighted by Crippen LogP contribution is -2.59. The summed E-state index contributed by atoms with van der Waals surface area (Å²) in [7, 11) is 0. The lowest BCUT2D eigenvalue weighted by molar-refractivity contribution is -0.298. The van der Waals surface area contributed by atoms with Crippen molar-refractivity contribution in [2.75, 3.05) is 6.61 Å². The van der Waals surface area contributed by atoms with E-state index in [1.54, 1.807) is 0 Å². The summed E-state index contributed by atoms with van der Waals surface area (Å²) < 4.78 is 16.5. The van der Waals surface area contributed by atoms with Crippen LogP contribution in [0.25, 0.3) is 0 Å². The first-order valence-electron chi connectivity index (χ1n) is 8.62. The first kappa shape index (κ1) is 19.0. The number of rotatable bonds is 7. The Bertz CT molecular complexity index is 650. The Morgan fingerprint density at radius 1 is 0.769 bits per heavy atom. The zero-order valence-corrected chi connectivity index (χ0v) is 14.3. The monoisotopic (exact) mass is 360 g/mol. The van der Waals surface area contributed by atoms with Gasteiger partial charge in [-0.25, -0.2) is 0 Å². The average Bonchev–Trinajstić information content (AvgIpc) is 2.67. The van der Waals surface area contributed by atoms with Gasteiger partial charge in [-0.3, -0.25) is 0 Å². The normalized spacial score (nSPS) is 28.8. The number of benzene rings is 2. The Labute approximate surface area is 152 Å². The van der Waals surface area contributed by atoms with Crippen molar-refractivity contribution in [2.24, 2.45) is 0 Å². The molecule has 0 bridgehead atoms. The van der Waals surface area contributed by atoms with Crippen LogP contribution in [-0.2, 0) is 27.4 Å². The molecular weight excluding hydrogens is 336 g/mol. The van der Waals surface area contributed by atoms with Crippen LogP contribution in [0.4, 0.5) is 0 Å². The minimum absolute atomic E-state index is 0.0744. The number of aliphatic hydroxyl groups is 3. The van der Waals surface area contributed by atoms with Gasteiger partial charge in [-0.15, -0.1) is 0 Å². The molecule has 1 saturated heterocycles. The Morgan fingerprint density at radius 3 is 1.96 bits per heavy atom. The van der Waals surface area contributed by atoms with E-state index in [1.165, 1.54) is 0 Å². The van der Waals surface area contributed by atoms with Crippen molar-refractivity contribution in [1.82, 2.24) is 0 Å². The van der Waals surface area contributed by atoms with E-state index in [1.807, 2.05) is 60.7 Å². The fourth-order valence-corrected chi connectivity index (χ4v) is 2.88. The van der Waals surface area contributed by atoms with Crippen molar-refractivity contribution in [3.05, 3.63) is 71.8 Å². The predicted octanol–water partition coefficient (Wildman–Crippen LogP) is 1.23. The molecule has 140 valence electrons. The van der Waals surface area contributed by atoms with E-state index in [9.17, 15) is 15.3 Å². The topological polar surface area (TPSA) is 88.4 Å². The summed E-state index contributed by atoms with van der Waals surface area (Å²) in [6.07, 6.45) is -5.65. The lowest BCUT2D eigenvalue weighted by atomic mass is 9.99. The van der Waals surface area contributed by atoms with Crippen LogP contribution in [-0.4, -0.2) is 52.6 Å². The molecule has 6 heteroatoms. The second-order valence-corrected chi connectivity index (χ2v) is 6.31. The van der Waals surface area contributed by atoms with Gasteiger partial charge in [-0.1, -0.05) is 60.7 Å². The number of hydrogen-bond donors (Lipinski definition) is 3. The number of ether oxygens (including phenoxy) is 3. The van der Waals surface area contributed by atoms with Gasteiger partial charge in [-0.05, 0) is 11.1 Å². The first-order chi connectivity index (χ1) is 12.6. The van der Waals surface area contributed by atoms with Gasteiger partial charge < -0.3 is 29.5 Å². The zero-order chi connectivity index (χ0) is 18.4. The molecule has 4 unspecified atom stereocenters. The molecule has 0 aromatic heterocycles. The summed E-state index contributed by atoms with van der Waals surface area (Å²) in [4.78, 5) is 0. The van der Waals surface area contributed by atoms with Crippen molar-refractivity contribution >= 4 is 0 Å². The second kappa shape index (κ2) is 9.23. The van der Waals surface area contributed by atoms with Gasteiger partial charge in [0.15, 0.2) is 6.29 Å². The van der Waals surface area contributed by atoms with E-state index >= 15 is 0 Å². The molecule has 1 aliphatic heterocycles. The van der Waals surface area contributed by atoms with E-state index in [2.05, 4.69) is 0 Å². The third-order valence-electron chi connectivity index (χ3n) is 4.34. The van der Waals surface area contributed by atoms with Crippen molar-refractivity contribution in [3.63, 3.8) is 0 Å². The van der Waals surface area contributed by atoms with E-state index in [0.717, 1.165) is 11.1 Å². The van der Waals surface area contributed by atoms with Gasteiger partial charge in [0.1, 0.15) is 24.4 Å². The quantitative estimate of drug-likeness (QED) is 0.688. The van der Waals surface area contributed by atoms with Crippen LogP contribution >= 0.6 is 0 Å². The van der Waals surface area contributed by atoms with Crippen molar-refractivity contribution in [3.8, 4) is 0 Å². The van der Waals surface area contributed by atoms with Gasteiger partial charge in [-0.2, -0.15) is 0 Å². The largest absolute Gasteiger partial charge is 0.387 e. The maximum absolute atomic E-state index is 10.5. The van der Waals surface area contributed by atoms with Crippen LogP contribution in [0, 0.1) is 0 Å². The average molecular weight is 360 g/mol. The fraction of sp³-hybridized carbons (Fsp3) is 0.400. The summed E-state index contributed by atoms with van der Waals surface area (Å²) >= 11 is 0. The van der Waals surface area contributed by atoms with E-state index in [0.29, 0.717) is 6.61 Å². The molecule has 1 aliphatic rings. The zero-order valence-electron chi connectivity index (χ0n) is 14.3. The third kappa shape index (κ3) is 4.88. The van der Waals surface area contributed by atoms with Crippen LogP contribution in [0.3, 0.4) is 0 Å². The summed E-state index contributed by atoms with van der Waals surface area (Å²) in [6, 6.07) is 19.0. The Balaban J connectivity index is 1.55. The van der Waals surface area contributed by atoms with Gasteiger partial charge in [0.25, 0.3) is 0 Å². The minimum atomic E-state index is -1.44. The highest BCUT2D eigenvalue weighted by Crippen LogP contribution is 2.24. The molecule has 2 aromatic carbocycles. The lowest BCUT2D eigenvalue weighted by Gasteiger charge is -2.40. The summed E-state index contributed by atoms with van der Waals surface area (Å²) in [5.41, 5.74) is 1.90. The number of aliphatic hydroxyl groups excluding tert-OH is 3. The number of hydrogen-bond acceptors (Lipinski definition) is 6. The highest BCUT2D eigenvalue weighted by atomic mass is 16.7. The van der Waals surface area contributed by atoms with E-state index < -0.39 is 30.7 Å². The third-order valence-corrected chi connectivity index (χ3v) is 4.34. The van der Waals surface area contributed by atoms with Crippen LogP contribution in [0.5, 0.6) is 0 Å². The summed E-state index contributed by atoms with van der Waals surface area (Å²) in [6.45, 7) is 0.649. The van der Waals surface area contributed by atoms with Gasteiger partial charge in [0.05, 0.1) is 19.8 Å². The molecule has 0 radical (unpaired) electrons. The van der Waals surface area contributed by atoms with Crippen LogP contribution in [0.1, 0.15) is 11.1 Å². The molecule has 2 aromatic rings. The fourth-order valence-electron chi connectivity index (χ4n) is 2.88. The van der Waals surface area contributed by atoms with Crippen molar-refractivity contribution < 1.29 is 29.5 Å². The van der Waals surface area contributed by atoms with Crippen LogP contribution in [0.2, 0.25) is 0 Å². The Morgan fingerprint density at radius 2 is 1.35 bits per heavy atom. The van der Waals surface area contributed by atoms with E-state index in [4.69, 9.17) is 14.2 Å². The van der Waals surface area contributed by atoms with Gasteiger partial charge in [0, 0.05) is 0 Å². The molecule has 0 saturated carbocycles. The molecule has 3 rings (SSSR count). The first-order valence-corrected chi connectivity index (χ1v) is 8.62. The molecule has 0 amide bonds. The minimum Gasteiger partial charge on any atom is -0.387 e. The van der Waals surface area contributed by atoms with Gasteiger partial charge >= 0.3 is 0 Å². The predicted molar refractivity (Wildman–Crippen MR) is 94.0 cm³/mol. The smallest absolute Gasteiger partial charge is 0.184 e. The van der Waals surface area contributed by atoms with Crippen molar-refractivity contribution in [1.29, 1.82) is 0 Å². The highest BCUT2D eigenvalue weighted by molar-refractivity contribution is 5.14. The molecule has 0 aliphatic carbocycles. The maximum atomic E-state index is 10.5. The van der Waals surface area contributed by atoms with Gasteiger partial charge in [0.2, 0.25) is 0 Å². The molecular formula is C20H24O6.